The summed E-state index contributed by atoms with van der Waals surface area (Å²) in [6.45, 7) is 1.88. The standard InChI is InChI=1S/C14H17BrN4OS/c1-14(20)5-3-4-10(14)18-12-11-8(9(15)7-16-12)6-17-13(19-11)21-2/h6-7,10,20H,3-5H2,1-2H3,(H,16,18)/t10-,14-/m1/s1. The second-order valence-electron chi connectivity index (χ2n) is 5.52. The molecule has 21 heavy (non-hydrogen) atoms. The van der Waals surface area contributed by atoms with E-state index in [1.54, 1.807) is 12.4 Å². The van der Waals surface area contributed by atoms with Crippen molar-refractivity contribution in [1.29, 1.82) is 0 Å². The van der Waals surface area contributed by atoms with Crippen LogP contribution in [0.25, 0.3) is 10.9 Å². The predicted octanol–water partition coefficient (Wildman–Crippen LogP) is 3.22. The molecule has 1 saturated carbocycles. The van der Waals surface area contributed by atoms with E-state index in [2.05, 4.69) is 36.2 Å². The van der Waals surface area contributed by atoms with Gasteiger partial charge in [-0.2, -0.15) is 0 Å². The van der Waals surface area contributed by atoms with E-state index in [-0.39, 0.29) is 6.04 Å². The van der Waals surface area contributed by atoms with Gasteiger partial charge in [-0.3, -0.25) is 0 Å². The minimum Gasteiger partial charge on any atom is -0.388 e. The second-order valence-corrected chi connectivity index (χ2v) is 7.15. The molecular formula is C14H17BrN4OS. The SMILES string of the molecule is CSc1ncc2c(Br)cnc(N[C@@H]3CCC[C@@]3(C)O)c2n1. The Kier molecular flexibility index (Phi) is 4.07. The first-order valence-corrected chi connectivity index (χ1v) is 8.87. The summed E-state index contributed by atoms with van der Waals surface area (Å²) in [5, 5.41) is 15.4. The van der Waals surface area contributed by atoms with Crippen LogP contribution in [0.2, 0.25) is 0 Å². The third-order valence-electron chi connectivity index (χ3n) is 3.98. The quantitative estimate of drug-likeness (QED) is 0.640. The van der Waals surface area contributed by atoms with E-state index in [0.717, 1.165) is 34.6 Å². The molecule has 0 aliphatic heterocycles. The summed E-state index contributed by atoms with van der Waals surface area (Å²) >= 11 is 4.98. The number of hydrogen-bond acceptors (Lipinski definition) is 6. The van der Waals surface area contributed by atoms with Gasteiger partial charge in [-0.15, -0.1) is 0 Å². The molecule has 0 spiro atoms. The Hall–Kier alpha value is -0.920. The first kappa shape index (κ1) is 15.0. The van der Waals surface area contributed by atoms with Crippen LogP contribution in [0.15, 0.2) is 22.0 Å². The third kappa shape index (κ3) is 2.86. The lowest BCUT2D eigenvalue weighted by Crippen LogP contribution is -2.39. The van der Waals surface area contributed by atoms with Gasteiger partial charge in [0.05, 0.1) is 11.6 Å². The predicted molar refractivity (Wildman–Crippen MR) is 88.7 cm³/mol. The zero-order valence-electron chi connectivity index (χ0n) is 11.9. The summed E-state index contributed by atoms with van der Waals surface area (Å²) in [4.78, 5) is 13.3. The third-order valence-corrected chi connectivity index (χ3v) is 5.17. The molecule has 2 heterocycles. The molecule has 0 saturated heterocycles. The number of aliphatic hydroxyl groups is 1. The van der Waals surface area contributed by atoms with Gasteiger partial charge in [-0.05, 0) is 48.4 Å². The average Bonchev–Trinajstić information content (AvgIpc) is 2.80. The second kappa shape index (κ2) is 5.70. The summed E-state index contributed by atoms with van der Waals surface area (Å²) in [7, 11) is 0. The summed E-state index contributed by atoms with van der Waals surface area (Å²) in [6, 6.07) is 0.00192. The number of rotatable bonds is 3. The Bertz CT molecular complexity index is 679. The molecule has 3 rings (SSSR count). The van der Waals surface area contributed by atoms with Gasteiger partial charge in [-0.1, -0.05) is 11.8 Å². The highest BCUT2D eigenvalue weighted by Crippen LogP contribution is 2.34. The van der Waals surface area contributed by atoms with Crippen LogP contribution in [0.4, 0.5) is 5.82 Å². The Morgan fingerprint density at radius 3 is 2.90 bits per heavy atom. The summed E-state index contributed by atoms with van der Waals surface area (Å²) in [5.74, 6) is 0.707. The fraction of sp³-hybridized carbons (Fsp3) is 0.500. The van der Waals surface area contributed by atoms with Gasteiger partial charge in [0.15, 0.2) is 11.0 Å². The molecule has 0 aromatic carbocycles. The van der Waals surface area contributed by atoms with Crippen molar-refractivity contribution in [3.05, 3.63) is 16.9 Å². The molecule has 7 heteroatoms. The molecule has 2 aromatic heterocycles. The number of fused-ring (bicyclic) bond motifs is 1. The van der Waals surface area contributed by atoms with Crippen molar-refractivity contribution in [1.82, 2.24) is 15.0 Å². The highest BCUT2D eigenvalue weighted by atomic mass is 79.9. The zero-order chi connectivity index (χ0) is 15.0. The minimum absolute atomic E-state index is 0.00192. The molecule has 2 N–H and O–H groups in total. The largest absolute Gasteiger partial charge is 0.388 e. The molecule has 2 atom stereocenters. The molecule has 1 aliphatic rings. The smallest absolute Gasteiger partial charge is 0.187 e. The normalized spacial score (nSPS) is 25.4. The topological polar surface area (TPSA) is 70.9 Å². The summed E-state index contributed by atoms with van der Waals surface area (Å²) < 4.78 is 0.869. The molecule has 0 amide bonds. The maximum absolute atomic E-state index is 10.4. The van der Waals surface area contributed by atoms with E-state index in [1.165, 1.54) is 11.8 Å². The zero-order valence-corrected chi connectivity index (χ0v) is 14.3. The molecule has 0 unspecified atom stereocenters. The van der Waals surface area contributed by atoms with Crippen LogP contribution in [0.1, 0.15) is 26.2 Å². The fourth-order valence-corrected chi connectivity index (χ4v) is 3.45. The summed E-state index contributed by atoms with van der Waals surface area (Å²) in [5.41, 5.74) is 0.0858. The maximum atomic E-state index is 10.4. The Morgan fingerprint density at radius 2 is 2.24 bits per heavy atom. The number of nitrogens with one attached hydrogen (secondary N) is 1. The van der Waals surface area contributed by atoms with Crippen molar-refractivity contribution in [3.8, 4) is 0 Å². The van der Waals surface area contributed by atoms with Gasteiger partial charge >= 0.3 is 0 Å². The fourth-order valence-electron chi connectivity index (χ4n) is 2.72. The highest BCUT2D eigenvalue weighted by Gasteiger charge is 2.37. The Balaban J connectivity index is 2.03. The van der Waals surface area contributed by atoms with E-state index in [1.807, 2.05) is 13.2 Å². The molecule has 2 aromatic rings. The van der Waals surface area contributed by atoms with Gasteiger partial charge in [-0.25, -0.2) is 15.0 Å². The van der Waals surface area contributed by atoms with Crippen LogP contribution >= 0.6 is 27.7 Å². The lowest BCUT2D eigenvalue weighted by molar-refractivity contribution is 0.0578. The van der Waals surface area contributed by atoms with Crippen LogP contribution < -0.4 is 5.32 Å². The summed E-state index contributed by atoms with van der Waals surface area (Å²) in [6.07, 6.45) is 8.26. The first-order valence-electron chi connectivity index (χ1n) is 6.85. The van der Waals surface area contributed by atoms with Gasteiger partial charge in [0, 0.05) is 22.3 Å². The van der Waals surface area contributed by atoms with Crippen LogP contribution in [0, 0.1) is 0 Å². The molecule has 5 nitrogen and oxygen atoms in total. The van der Waals surface area contributed by atoms with Gasteiger partial charge < -0.3 is 10.4 Å². The Morgan fingerprint density at radius 1 is 1.43 bits per heavy atom. The number of thioether (sulfide) groups is 1. The van der Waals surface area contributed by atoms with Crippen molar-refractivity contribution in [2.24, 2.45) is 0 Å². The number of halogens is 1. The maximum Gasteiger partial charge on any atom is 0.187 e. The molecule has 1 fully saturated rings. The molecule has 0 radical (unpaired) electrons. The number of aromatic nitrogens is 3. The van der Waals surface area contributed by atoms with Crippen LogP contribution in [0.5, 0.6) is 0 Å². The minimum atomic E-state index is -0.698. The van der Waals surface area contributed by atoms with E-state index >= 15 is 0 Å². The van der Waals surface area contributed by atoms with Crippen molar-refractivity contribution >= 4 is 44.4 Å². The van der Waals surface area contributed by atoms with Crippen LogP contribution in [-0.4, -0.2) is 38.0 Å². The van der Waals surface area contributed by atoms with E-state index in [4.69, 9.17) is 0 Å². The van der Waals surface area contributed by atoms with Crippen molar-refractivity contribution in [2.45, 2.75) is 43.0 Å². The van der Waals surface area contributed by atoms with Crippen molar-refractivity contribution in [3.63, 3.8) is 0 Å². The van der Waals surface area contributed by atoms with Gasteiger partial charge in [0.1, 0.15) is 5.52 Å². The molecule has 0 bridgehead atoms. The highest BCUT2D eigenvalue weighted by molar-refractivity contribution is 9.10. The van der Waals surface area contributed by atoms with Crippen LogP contribution in [-0.2, 0) is 0 Å². The van der Waals surface area contributed by atoms with E-state index in [9.17, 15) is 5.11 Å². The van der Waals surface area contributed by atoms with Crippen LogP contribution in [0.3, 0.4) is 0 Å². The lowest BCUT2D eigenvalue weighted by atomic mass is 10.0. The van der Waals surface area contributed by atoms with Crippen molar-refractivity contribution < 1.29 is 5.11 Å². The van der Waals surface area contributed by atoms with Crippen molar-refractivity contribution in [2.75, 3.05) is 11.6 Å². The Labute approximate surface area is 136 Å². The molecular weight excluding hydrogens is 352 g/mol. The number of pyridine rings is 1. The van der Waals surface area contributed by atoms with Gasteiger partial charge in [0.2, 0.25) is 0 Å². The number of nitrogens with zero attached hydrogens (tertiary/aromatic N) is 3. The molecule has 112 valence electrons. The number of anilines is 1. The number of hydrogen-bond donors (Lipinski definition) is 2. The van der Waals surface area contributed by atoms with Gasteiger partial charge in [0.25, 0.3) is 0 Å². The molecule has 1 aliphatic carbocycles. The first-order chi connectivity index (χ1) is 10.0. The van der Waals surface area contributed by atoms with E-state index in [0.29, 0.717) is 11.0 Å². The monoisotopic (exact) mass is 368 g/mol. The average molecular weight is 369 g/mol. The lowest BCUT2D eigenvalue weighted by Gasteiger charge is -2.27. The van der Waals surface area contributed by atoms with E-state index < -0.39 is 5.60 Å².